The number of carbonyl (C=O) groups is 3. The fourth-order valence-corrected chi connectivity index (χ4v) is 4.36. The molecule has 0 bridgehead atoms. The molecule has 2 aliphatic rings. The van der Waals surface area contributed by atoms with Crippen LogP contribution in [0.25, 0.3) is 0 Å². The largest absolute Gasteiger partial charge is 0.368 e. The van der Waals surface area contributed by atoms with Crippen LogP contribution in [0.3, 0.4) is 0 Å². The lowest BCUT2D eigenvalue weighted by Crippen LogP contribution is -2.50. The summed E-state index contributed by atoms with van der Waals surface area (Å²) in [6.07, 6.45) is 4.48. The van der Waals surface area contributed by atoms with Gasteiger partial charge in [0.15, 0.2) is 0 Å². The van der Waals surface area contributed by atoms with Crippen molar-refractivity contribution in [3.05, 3.63) is 67.0 Å². The minimum absolute atomic E-state index is 0.00000950. The van der Waals surface area contributed by atoms with Gasteiger partial charge in [-0.25, -0.2) is 9.18 Å². The standard InChI is InChI=1S/C27H32FN5O3/c1-2-14-33(26(35)20-6-5-7-20)19-25(34)29-21-10-12-22(13-11-21)31-15-17-32(18-16-31)27(36)30-24-9-4-3-8-23(24)28/h2-4,8-13,20H,1,5-7,14-19H2,(H,29,34)(H,30,36). The number of urea groups is 1. The topological polar surface area (TPSA) is 85.0 Å². The molecule has 1 saturated carbocycles. The van der Waals surface area contributed by atoms with Gasteiger partial charge >= 0.3 is 6.03 Å². The number of benzene rings is 2. The summed E-state index contributed by atoms with van der Waals surface area (Å²) in [6, 6.07) is 13.3. The van der Waals surface area contributed by atoms with Crippen molar-refractivity contribution in [3.63, 3.8) is 0 Å². The number of nitrogens with one attached hydrogen (secondary N) is 2. The first kappa shape index (κ1) is 25.2. The van der Waals surface area contributed by atoms with Crippen LogP contribution in [-0.4, -0.2) is 66.9 Å². The van der Waals surface area contributed by atoms with Gasteiger partial charge in [-0.05, 0) is 49.2 Å². The van der Waals surface area contributed by atoms with Crippen molar-refractivity contribution in [1.29, 1.82) is 0 Å². The maximum atomic E-state index is 13.8. The van der Waals surface area contributed by atoms with E-state index in [0.717, 1.165) is 24.9 Å². The van der Waals surface area contributed by atoms with Gasteiger partial charge in [0, 0.05) is 50.0 Å². The van der Waals surface area contributed by atoms with E-state index in [1.807, 2.05) is 24.3 Å². The van der Waals surface area contributed by atoms with Crippen LogP contribution in [-0.2, 0) is 9.59 Å². The first-order valence-corrected chi connectivity index (χ1v) is 12.3. The van der Waals surface area contributed by atoms with Gasteiger partial charge in [-0.1, -0.05) is 24.6 Å². The van der Waals surface area contributed by atoms with Gasteiger partial charge in [0.2, 0.25) is 11.8 Å². The van der Waals surface area contributed by atoms with Crippen molar-refractivity contribution in [1.82, 2.24) is 9.80 Å². The highest BCUT2D eigenvalue weighted by Crippen LogP contribution is 2.28. The molecule has 1 heterocycles. The number of hydrogen-bond acceptors (Lipinski definition) is 4. The Morgan fingerprint density at radius 1 is 1.00 bits per heavy atom. The lowest BCUT2D eigenvalue weighted by Gasteiger charge is -2.36. The van der Waals surface area contributed by atoms with E-state index in [1.165, 1.54) is 12.1 Å². The molecular formula is C27H32FN5O3. The first-order valence-electron chi connectivity index (χ1n) is 12.3. The fraction of sp³-hybridized carbons (Fsp3) is 0.370. The third kappa shape index (κ3) is 6.21. The third-order valence-corrected chi connectivity index (χ3v) is 6.65. The number of amides is 4. The monoisotopic (exact) mass is 493 g/mol. The van der Waals surface area contributed by atoms with E-state index in [9.17, 15) is 18.8 Å². The average Bonchev–Trinajstić information content (AvgIpc) is 2.84. The van der Waals surface area contributed by atoms with Gasteiger partial charge < -0.3 is 25.3 Å². The zero-order valence-corrected chi connectivity index (χ0v) is 20.3. The highest BCUT2D eigenvalue weighted by molar-refractivity contribution is 5.95. The summed E-state index contributed by atoms with van der Waals surface area (Å²) in [6.45, 7) is 6.33. The number of rotatable bonds is 8. The zero-order valence-electron chi connectivity index (χ0n) is 20.3. The molecule has 4 rings (SSSR count). The molecule has 0 atom stereocenters. The Morgan fingerprint density at radius 2 is 1.69 bits per heavy atom. The van der Waals surface area contributed by atoms with Gasteiger partial charge in [-0.2, -0.15) is 0 Å². The van der Waals surface area contributed by atoms with E-state index in [-0.39, 0.29) is 36.0 Å². The van der Waals surface area contributed by atoms with Crippen LogP contribution in [0.15, 0.2) is 61.2 Å². The summed E-state index contributed by atoms with van der Waals surface area (Å²) in [5, 5.41) is 5.49. The number of anilines is 3. The molecular weight excluding hydrogens is 461 g/mol. The third-order valence-electron chi connectivity index (χ3n) is 6.65. The second-order valence-corrected chi connectivity index (χ2v) is 9.11. The van der Waals surface area contributed by atoms with Crippen molar-refractivity contribution in [3.8, 4) is 0 Å². The van der Waals surface area contributed by atoms with Gasteiger partial charge in [-0.3, -0.25) is 9.59 Å². The second-order valence-electron chi connectivity index (χ2n) is 9.11. The smallest absolute Gasteiger partial charge is 0.322 e. The zero-order chi connectivity index (χ0) is 25.5. The maximum absolute atomic E-state index is 13.8. The summed E-state index contributed by atoms with van der Waals surface area (Å²) < 4.78 is 13.8. The normalized spacial score (nSPS) is 15.6. The van der Waals surface area contributed by atoms with Crippen LogP contribution in [0.4, 0.5) is 26.2 Å². The fourth-order valence-electron chi connectivity index (χ4n) is 4.36. The number of carbonyl (C=O) groups excluding carboxylic acids is 3. The molecule has 8 nitrogen and oxygen atoms in total. The molecule has 2 aromatic carbocycles. The summed E-state index contributed by atoms with van der Waals surface area (Å²) in [5.41, 5.74) is 1.81. The number of nitrogens with zero attached hydrogens (tertiary/aromatic N) is 3. The molecule has 1 aliphatic heterocycles. The molecule has 1 saturated heterocycles. The molecule has 36 heavy (non-hydrogen) atoms. The summed E-state index contributed by atoms with van der Waals surface area (Å²) in [5.74, 6) is -0.654. The Kier molecular flexibility index (Phi) is 8.20. The Hall–Kier alpha value is -3.88. The molecule has 1 aliphatic carbocycles. The van der Waals surface area contributed by atoms with E-state index in [2.05, 4.69) is 22.1 Å². The number of hydrogen-bond donors (Lipinski definition) is 2. The summed E-state index contributed by atoms with van der Waals surface area (Å²) >= 11 is 0. The SMILES string of the molecule is C=CCN(CC(=O)Nc1ccc(N2CCN(C(=O)Nc3ccccc3F)CC2)cc1)C(=O)C1CCC1. The number of halogens is 1. The summed E-state index contributed by atoms with van der Waals surface area (Å²) in [4.78, 5) is 43.0. The highest BCUT2D eigenvalue weighted by atomic mass is 19.1. The molecule has 4 amide bonds. The molecule has 2 fully saturated rings. The van der Waals surface area contributed by atoms with E-state index in [4.69, 9.17) is 0 Å². The van der Waals surface area contributed by atoms with Crippen LogP contribution >= 0.6 is 0 Å². The number of para-hydroxylation sites is 1. The molecule has 2 aromatic rings. The van der Waals surface area contributed by atoms with E-state index in [0.29, 0.717) is 38.4 Å². The van der Waals surface area contributed by atoms with Gasteiger partial charge in [0.25, 0.3) is 0 Å². The van der Waals surface area contributed by atoms with E-state index < -0.39 is 5.82 Å². The lowest BCUT2D eigenvalue weighted by atomic mass is 9.84. The van der Waals surface area contributed by atoms with Gasteiger partial charge in [0.05, 0.1) is 5.69 Å². The summed E-state index contributed by atoms with van der Waals surface area (Å²) in [7, 11) is 0. The predicted octanol–water partition coefficient (Wildman–Crippen LogP) is 3.93. The van der Waals surface area contributed by atoms with Crippen LogP contribution in [0.2, 0.25) is 0 Å². The van der Waals surface area contributed by atoms with Crippen LogP contribution in [0.5, 0.6) is 0 Å². The van der Waals surface area contributed by atoms with Crippen LogP contribution in [0.1, 0.15) is 19.3 Å². The van der Waals surface area contributed by atoms with Gasteiger partial charge in [0.1, 0.15) is 12.4 Å². The average molecular weight is 494 g/mol. The maximum Gasteiger partial charge on any atom is 0.322 e. The van der Waals surface area contributed by atoms with Crippen molar-refractivity contribution < 1.29 is 18.8 Å². The van der Waals surface area contributed by atoms with Crippen molar-refractivity contribution in [2.45, 2.75) is 19.3 Å². The molecule has 9 heteroatoms. The second kappa shape index (κ2) is 11.7. The van der Waals surface area contributed by atoms with Crippen molar-refractivity contribution in [2.24, 2.45) is 5.92 Å². The Labute approximate surface area is 210 Å². The highest BCUT2D eigenvalue weighted by Gasteiger charge is 2.30. The number of piperazine rings is 1. The van der Waals surface area contributed by atoms with Crippen molar-refractivity contribution >= 4 is 34.9 Å². The Bertz CT molecular complexity index is 1090. The minimum Gasteiger partial charge on any atom is -0.368 e. The predicted molar refractivity (Wildman–Crippen MR) is 138 cm³/mol. The molecule has 0 radical (unpaired) electrons. The van der Waals surface area contributed by atoms with Crippen LogP contribution < -0.4 is 15.5 Å². The molecule has 0 unspecified atom stereocenters. The Morgan fingerprint density at radius 3 is 2.31 bits per heavy atom. The van der Waals surface area contributed by atoms with Crippen molar-refractivity contribution in [2.75, 3.05) is 54.8 Å². The van der Waals surface area contributed by atoms with Gasteiger partial charge in [-0.15, -0.1) is 6.58 Å². The molecule has 190 valence electrons. The molecule has 0 aromatic heterocycles. The Balaban J connectivity index is 1.25. The molecule has 0 spiro atoms. The van der Waals surface area contributed by atoms with E-state index >= 15 is 0 Å². The minimum atomic E-state index is -0.463. The quantitative estimate of drug-likeness (QED) is 0.546. The van der Waals surface area contributed by atoms with E-state index in [1.54, 1.807) is 28.0 Å². The lowest BCUT2D eigenvalue weighted by molar-refractivity contribution is -0.140. The first-order chi connectivity index (χ1) is 17.4. The van der Waals surface area contributed by atoms with Crippen LogP contribution in [0, 0.1) is 11.7 Å². The molecule has 2 N–H and O–H groups in total.